The summed E-state index contributed by atoms with van der Waals surface area (Å²) in [7, 11) is 0. The molecule has 1 aliphatic heterocycles. The van der Waals surface area contributed by atoms with E-state index in [9.17, 15) is 24.0 Å². The smallest absolute Gasteiger partial charge is 0.315 e. The van der Waals surface area contributed by atoms with Crippen LogP contribution in [0.2, 0.25) is 0 Å². The number of Topliss-reactive ketones (excluding diaryl/α,β-unsaturated/α-hetero) is 1. The Morgan fingerprint density at radius 1 is 1.00 bits per heavy atom. The summed E-state index contributed by atoms with van der Waals surface area (Å²) in [6.45, 7) is 10.3. The van der Waals surface area contributed by atoms with Crippen molar-refractivity contribution in [2.24, 2.45) is 34.3 Å². The number of hydrogen-bond acceptors (Lipinski definition) is 5. The minimum Gasteiger partial charge on any atom is -0.363 e. The summed E-state index contributed by atoms with van der Waals surface area (Å²) >= 11 is 0. The van der Waals surface area contributed by atoms with Gasteiger partial charge in [-0.05, 0) is 59.8 Å². The molecule has 10 heteroatoms. The molecule has 0 spiro atoms. The quantitative estimate of drug-likeness (QED) is 0.285. The first-order valence-corrected chi connectivity index (χ1v) is 16.2. The highest BCUT2D eigenvalue weighted by atomic mass is 16.2. The number of benzene rings is 1. The summed E-state index contributed by atoms with van der Waals surface area (Å²) in [6.07, 6.45) is 6.74. The van der Waals surface area contributed by atoms with Gasteiger partial charge in [0.1, 0.15) is 12.1 Å². The number of carbonyl (C=O) groups excluding carboxylic acids is 5. The molecule has 1 saturated heterocycles. The van der Waals surface area contributed by atoms with Crippen LogP contribution in [0.5, 0.6) is 0 Å². The molecule has 3 aliphatic carbocycles. The molecule has 0 bridgehead atoms. The highest BCUT2D eigenvalue weighted by Gasteiger charge is 2.70. The zero-order valence-electron chi connectivity index (χ0n) is 26.8. The highest BCUT2D eigenvalue weighted by Crippen LogP contribution is 2.65. The molecule has 4 aliphatic rings. The third-order valence-corrected chi connectivity index (χ3v) is 10.6. The van der Waals surface area contributed by atoms with Crippen molar-refractivity contribution >= 4 is 29.5 Å². The van der Waals surface area contributed by atoms with Gasteiger partial charge in [0, 0.05) is 12.1 Å². The van der Waals surface area contributed by atoms with Gasteiger partial charge in [-0.1, -0.05) is 90.6 Å². The zero-order chi connectivity index (χ0) is 32.0. The molecule has 44 heavy (non-hydrogen) atoms. The molecule has 10 nitrogen and oxygen atoms in total. The average Bonchev–Trinajstić information content (AvgIpc) is 3.70. The maximum Gasteiger partial charge on any atom is 0.315 e. The number of nitrogens with two attached hydrogens (primary N) is 1. The first-order valence-electron chi connectivity index (χ1n) is 16.2. The van der Waals surface area contributed by atoms with Crippen LogP contribution in [0, 0.1) is 28.6 Å². The van der Waals surface area contributed by atoms with Gasteiger partial charge < -0.3 is 26.6 Å². The van der Waals surface area contributed by atoms with Crippen LogP contribution in [0.1, 0.15) is 85.1 Å². The molecule has 1 unspecified atom stereocenters. The van der Waals surface area contributed by atoms with Gasteiger partial charge >= 0.3 is 6.03 Å². The highest BCUT2D eigenvalue weighted by molar-refractivity contribution is 6.37. The second-order valence-corrected chi connectivity index (χ2v) is 15.4. The van der Waals surface area contributed by atoms with E-state index in [1.165, 1.54) is 0 Å². The molecule has 0 aromatic heterocycles. The van der Waals surface area contributed by atoms with Gasteiger partial charge in [0.15, 0.2) is 0 Å². The van der Waals surface area contributed by atoms with Crippen molar-refractivity contribution in [2.45, 2.75) is 110 Å². The summed E-state index contributed by atoms with van der Waals surface area (Å²) < 4.78 is 0. The Labute approximate surface area is 260 Å². The lowest BCUT2D eigenvalue weighted by Gasteiger charge is -2.39. The number of fused-ring (bicyclic) bond motifs is 1. The fourth-order valence-corrected chi connectivity index (χ4v) is 7.77. The minimum atomic E-state index is -1.07. The van der Waals surface area contributed by atoms with Crippen molar-refractivity contribution in [3.05, 3.63) is 35.9 Å². The second-order valence-electron chi connectivity index (χ2n) is 15.4. The van der Waals surface area contributed by atoms with Gasteiger partial charge in [0.2, 0.25) is 17.6 Å². The van der Waals surface area contributed by atoms with Gasteiger partial charge in [-0.15, -0.1) is 0 Å². The number of nitrogens with one attached hydrogen (secondary N) is 3. The lowest BCUT2D eigenvalue weighted by atomic mass is 9.85. The summed E-state index contributed by atoms with van der Waals surface area (Å²) in [6, 6.07) is 7.03. The van der Waals surface area contributed by atoms with E-state index in [0.717, 1.165) is 44.1 Å². The molecule has 5 rings (SSSR count). The van der Waals surface area contributed by atoms with Crippen LogP contribution < -0.4 is 21.7 Å². The van der Waals surface area contributed by atoms with Crippen LogP contribution >= 0.6 is 0 Å². The number of piperidine rings is 1. The van der Waals surface area contributed by atoms with Crippen LogP contribution in [0.15, 0.2) is 30.3 Å². The molecule has 1 aromatic rings. The van der Waals surface area contributed by atoms with E-state index in [2.05, 4.69) is 41.9 Å². The Hall–Kier alpha value is -3.43. The van der Waals surface area contributed by atoms with Crippen LogP contribution in [0.3, 0.4) is 0 Å². The third kappa shape index (κ3) is 6.64. The predicted octanol–water partition coefficient (Wildman–Crippen LogP) is 3.08. The second kappa shape index (κ2) is 11.8. The lowest BCUT2D eigenvalue weighted by Crippen LogP contribution is -2.62. The molecule has 1 aromatic carbocycles. The first kappa shape index (κ1) is 32.0. The van der Waals surface area contributed by atoms with E-state index in [1.807, 2.05) is 39.0 Å². The number of rotatable bonds is 11. The molecule has 1 heterocycles. The van der Waals surface area contributed by atoms with E-state index in [1.54, 1.807) is 4.90 Å². The first-order chi connectivity index (χ1) is 20.6. The number of carbonyl (C=O) groups is 5. The number of amides is 5. The molecule has 4 fully saturated rings. The average molecular weight is 608 g/mol. The Balaban J connectivity index is 1.33. The van der Waals surface area contributed by atoms with Crippen molar-refractivity contribution in [2.75, 3.05) is 6.54 Å². The van der Waals surface area contributed by atoms with Crippen molar-refractivity contribution < 1.29 is 24.0 Å². The molecular formula is C34H49N5O5. The molecule has 5 amide bonds. The Bertz CT molecular complexity index is 1290. The van der Waals surface area contributed by atoms with Gasteiger partial charge in [0.05, 0.1) is 6.04 Å². The third-order valence-electron chi connectivity index (χ3n) is 10.6. The zero-order valence-corrected chi connectivity index (χ0v) is 26.8. The maximum atomic E-state index is 14.3. The van der Waals surface area contributed by atoms with Crippen molar-refractivity contribution in [1.82, 2.24) is 20.9 Å². The van der Waals surface area contributed by atoms with Gasteiger partial charge in [-0.25, -0.2) is 4.79 Å². The fraction of sp³-hybridized carbons (Fsp3) is 0.676. The standard InChI is InChI=1S/C34H49N5O5/c1-32(2,3)27(37-31(44)38-34(15-9-10-16-34)18-21-11-7-6-8-12-21)30(43)39-19-22-24(33(22,4)5)25(39)29(42)36-23(17-20-13-14-20)26(40)28(35)41/h6-8,11-12,20,22-25,27H,9-10,13-19H2,1-5H3,(H2,35,41)(H,36,42)(H2,37,38,44)/t22-,23?,24-,25-,27+/m0/s1. The summed E-state index contributed by atoms with van der Waals surface area (Å²) in [4.78, 5) is 67.7. The number of likely N-dealkylation sites (tertiary alicyclic amines) is 1. The molecule has 0 radical (unpaired) electrons. The van der Waals surface area contributed by atoms with Gasteiger partial charge in [0.25, 0.3) is 5.91 Å². The fourth-order valence-electron chi connectivity index (χ4n) is 7.77. The number of nitrogens with zero attached hydrogens (tertiary/aromatic N) is 1. The van der Waals surface area contributed by atoms with E-state index >= 15 is 0 Å². The van der Waals surface area contributed by atoms with Gasteiger partial charge in [-0.2, -0.15) is 0 Å². The Morgan fingerprint density at radius 2 is 1.64 bits per heavy atom. The summed E-state index contributed by atoms with van der Waals surface area (Å²) in [5, 5.41) is 9.05. The van der Waals surface area contributed by atoms with E-state index in [0.29, 0.717) is 19.4 Å². The lowest BCUT2D eigenvalue weighted by molar-refractivity contribution is -0.145. The minimum absolute atomic E-state index is 0.0845. The van der Waals surface area contributed by atoms with Crippen LogP contribution in [0.4, 0.5) is 4.79 Å². The normalized spacial score (nSPS) is 26.2. The number of ketones is 1. The number of primary amides is 1. The molecular weight excluding hydrogens is 558 g/mol. The van der Waals surface area contributed by atoms with Gasteiger partial charge in [-0.3, -0.25) is 19.2 Å². The van der Waals surface area contributed by atoms with E-state index < -0.39 is 47.2 Å². The summed E-state index contributed by atoms with van der Waals surface area (Å²) in [5.41, 5.74) is 5.29. The van der Waals surface area contributed by atoms with E-state index in [-0.39, 0.29) is 34.6 Å². The van der Waals surface area contributed by atoms with Crippen molar-refractivity contribution in [1.29, 1.82) is 0 Å². The largest absolute Gasteiger partial charge is 0.363 e. The van der Waals surface area contributed by atoms with E-state index in [4.69, 9.17) is 5.73 Å². The SMILES string of the molecule is CC(C)(C)[C@H](NC(=O)NC1(Cc2ccccc2)CCCC1)C(=O)N1C[C@H]2[C@@H]([C@H]1C(=O)NC(CC1CC1)C(=O)C(N)=O)C2(C)C. The van der Waals surface area contributed by atoms with Crippen LogP contribution in [-0.4, -0.2) is 64.6 Å². The number of hydrogen-bond donors (Lipinski definition) is 4. The Kier molecular flexibility index (Phi) is 8.59. The van der Waals surface area contributed by atoms with Crippen molar-refractivity contribution in [3.63, 3.8) is 0 Å². The molecule has 5 atom stereocenters. The molecule has 5 N–H and O–H groups in total. The number of urea groups is 1. The van der Waals surface area contributed by atoms with Crippen LogP contribution in [-0.2, 0) is 25.6 Å². The Morgan fingerprint density at radius 3 is 2.20 bits per heavy atom. The monoisotopic (exact) mass is 607 g/mol. The molecule has 3 saturated carbocycles. The van der Waals surface area contributed by atoms with Crippen LogP contribution in [0.25, 0.3) is 0 Å². The molecule has 240 valence electrons. The summed E-state index contributed by atoms with van der Waals surface area (Å²) in [5.74, 6) is -2.34. The topological polar surface area (TPSA) is 151 Å². The predicted molar refractivity (Wildman–Crippen MR) is 166 cm³/mol. The van der Waals surface area contributed by atoms with Crippen molar-refractivity contribution in [3.8, 4) is 0 Å². The maximum absolute atomic E-state index is 14.3.